The predicted molar refractivity (Wildman–Crippen MR) is 177 cm³/mol. The molecule has 0 spiro atoms. The van der Waals surface area contributed by atoms with E-state index in [4.69, 9.17) is 5.73 Å². The summed E-state index contributed by atoms with van der Waals surface area (Å²) in [6.45, 7) is 21.8. The maximum atomic E-state index is 11.8. The van der Waals surface area contributed by atoms with Crippen LogP contribution in [0.3, 0.4) is 0 Å². The van der Waals surface area contributed by atoms with E-state index in [-0.39, 0.29) is 6.10 Å². The summed E-state index contributed by atoms with van der Waals surface area (Å²) in [4.78, 5) is 5.24. The van der Waals surface area contributed by atoms with Crippen LogP contribution in [0.4, 0.5) is 0 Å². The van der Waals surface area contributed by atoms with E-state index in [1.54, 1.807) is 0 Å². The number of hydrogen-bond donors (Lipinski definition) is 3. The van der Waals surface area contributed by atoms with Gasteiger partial charge in [0.15, 0.2) is 0 Å². The predicted octanol–water partition coefficient (Wildman–Crippen LogP) is 6.39. The second-order valence-corrected chi connectivity index (χ2v) is 16.9. The highest BCUT2D eigenvalue weighted by Crippen LogP contribution is 2.68. The van der Waals surface area contributed by atoms with Crippen molar-refractivity contribution >= 4 is 0 Å². The summed E-state index contributed by atoms with van der Waals surface area (Å²) in [7, 11) is 0. The Morgan fingerprint density at radius 1 is 0.810 bits per heavy atom. The first-order valence-electron chi connectivity index (χ1n) is 18.7. The van der Waals surface area contributed by atoms with E-state index in [9.17, 15) is 5.11 Å². The van der Waals surface area contributed by atoms with E-state index in [1.807, 2.05) is 0 Å². The molecule has 42 heavy (non-hydrogen) atoms. The molecule has 5 unspecified atom stereocenters. The molecule has 5 heteroatoms. The third-order valence-corrected chi connectivity index (χ3v) is 14.1. The molecule has 10 atom stereocenters. The van der Waals surface area contributed by atoms with Gasteiger partial charge in [-0.1, -0.05) is 53.9 Å². The number of rotatable bonds is 13. The molecule has 1 aliphatic heterocycles. The van der Waals surface area contributed by atoms with Gasteiger partial charge in [-0.15, -0.1) is 0 Å². The van der Waals surface area contributed by atoms with Crippen molar-refractivity contribution < 1.29 is 5.11 Å². The molecule has 0 aromatic heterocycles. The zero-order valence-corrected chi connectivity index (χ0v) is 28.5. The lowest BCUT2D eigenvalue weighted by molar-refractivity contribution is -0.167. The smallest absolute Gasteiger partial charge is 0.0577 e. The standard InChI is InChI=1S/C37H70N4O/c1-27(2)9-6-10-28(3)31-11-12-32-35-33(14-16-37(31,32)5)36(4)15-13-30(25-29(36)26-34(35)42)39-18-8-20-41-23-21-40(22-24-41)19-7-17-38/h27-35,39,42H,6-26,38H2,1-5H3/t28-,29?,30+,31?,32?,33?,34+,35?,36+,37-/m1/s1. The lowest BCUT2D eigenvalue weighted by Crippen LogP contribution is -2.59. The van der Waals surface area contributed by atoms with Crippen molar-refractivity contribution in [1.29, 1.82) is 0 Å². The lowest BCUT2D eigenvalue weighted by Gasteiger charge is -2.62. The normalized spacial score (nSPS) is 41.9. The molecule has 0 aromatic carbocycles. The molecule has 5 aliphatic rings. The number of hydrogen-bond acceptors (Lipinski definition) is 5. The summed E-state index contributed by atoms with van der Waals surface area (Å²) in [5.41, 5.74) is 6.59. The van der Waals surface area contributed by atoms with Gasteiger partial charge in [-0.2, -0.15) is 0 Å². The summed E-state index contributed by atoms with van der Waals surface area (Å²) in [5, 5.41) is 15.8. The summed E-state index contributed by atoms with van der Waals surface area (Å²) < 4.78 is 0. The topological polar surface area (TPSA) is 64.8 Å². The number of aliphatic hydroxyl groups is 1. The largest absolute Gasteiger partial charge is 0.393 e. The van der Waals surface area contributed by atoms with Gasteiger partial charge in [0.05, 0.1) is 6.10 Å². The molecule has 1 saturated heterocycles. The Kier molecular flexibility index (Phi) is 11.4. The van der Waals surface area contributed by atoms with Crippen LogP contribution >= 0.6 is 0 Å². The minimum Gasteiger partial charge on any atom is -0.393 e. The number of piperazine rings is 1. The highest BCUT2D eigenvalue weighted by molar-refractivity contribution is 5.12. The van der Waals surface area contributed by atoms with Gasteiger partial charge >= 0.3 is 0 Å². The Morgan fingerprint density at radius 2 is 1.48 bits per heavy atom. The van der Waals surface area contributed by atoms with Crippen molar-refractivity contribution in [1.82, 2.24) is 15.1 Å². The van der Waals surface area contributed by atoms with Crippen LogP contribution in [-0.4, -0.2) is 79.4 Å². The van der Waals surface area contributed by atoms with Crippen molar-refractivity contribution in [2.45, 2.75) is 130 Å². The van der Waals surface area contributed by atoms with E-state index >= 15 is 0 Å². The Balaban J connectivity index is 1.09. The van der Waals surface area contributed by atoms with Crippen molar-refractivity contribution in [2.24, 2.45) is 58.0 Å². The summed E-state index contributed by atoms with van der Waals surface area (Å²) in [6, 6.07) is 0.649. The Labute approximate surface area is 260 Å². The van der Waals surface area contributed by atoms with Crippen LogP contribution in [0.1, 0.15) is 118 Å². The van der Waals surface area contributed by atoms with Gasteiger partial charge in [-0.25, -0.2) is 0 Å². The van der Waals surface area contributed by atoms with Gasteiger partial charge in [0.1, 0.15) is 0 Å². The number of nitrogens with one attached hydrogen (secondary N) is 1. The van der Waals surface area contributed by atoms with E-state index < -0.39 is 0 Å². The molecule has 0 radical (unpaired) electrons. The fraction of sp³-hybridized carbons (Fsp3) is 1.00. The Morgan fingerprint density at radius 3 is 2.17 bits per heavy atom. The monoisotopic (exact) mass is 587 g/mol. The molecule has 0 aromatic rings. The first-order chi connectivity index (χ1) is 20.2. The van der Waals surface area contributed by atoms with E-state index in [0.29, 0.717) is 28.7 Å². The van der Waals surface area contributed by atoms with Gasteiger partial charge in [-0.05, 0) is 143 Å². The molecule has 5 nitrogen and oxygen atoms in total. The number of fused-ring (bicyclic) bond motifs is 5. The molecule has 4 saturated carbocycles. The third kappa shape index (κ3) is 7.11. The second-order valence-electron chi connectivity index (χ2n) is 16.9. The second kappa shape index (κ2) is 14.5. The summed E-state index contributed by atoms with van der Waals surface area (Å²) in [6.07, 6.45) is 17.1. The van der Waals surface area contributed by atoms with E-state index in [1.165, 1.54) is 110 Å². The molecule has 5 rings (SSSR count). The van der Waals surface area contributed by atoms with E-state index in [2.05, 4.69) is 49.7 Å². The average Bonchev–Trinajstić information content (AvgIpc) is 3.32. The fourth-order valence-electron chi connectivity index (χ4n) is 11.6. The SMILES string of the molecule is CC(C)CCC[C@@H](C)C1CCC2C3C(CC[C@@]21C)[C@@]1(C)CC[C@H](NCCCN2CCN(CCCN)CC2)CC1C[C@@H]3O. The highest BCUT2D eigenvalue weighted by Gasteiger charge is 2.62. The first kappa shape index (κ1) is 33.2. The van der Waals surface area contributed by atoms with Crippen molar-refractivity contribution in [3.05, 3.63) is 0 Å². The minimum atomic E-state index is -0.0741. The lowest BCUT2D eigenvalue weighted by atomic mass is 9.43. The molecule has 244 valence electrons. The van der Waals surface area contributed by atoms with Crippen molar-refractivity contribution in [3.8, 4) is 0 Å². The maximum absolute atomic E-state index is 11.8. The first-order valence-corrected chi connectivity index (χ1v) is 18.7. The molecule has 0 amide bonds. The maximum Gasteiger partial charge on any atom is 0.0577 e. The molecule has 4 N–H and O–H groups in total. The number of nitrogens with zero attached hydrogens (tertiary/aromatic N) is 2. The van der Waals surface area contributed by atoms with Crippen LogP contribution in [0.5, 0.6) is 0 Å². The van der Waals surface area contributed by atoms with Crippen LogP contribution < -0.4 is 11.1 Å². The van der Waals surface area contributed by atoms with Gasteiger partial charge < -0.3 is 26.0 Å². The van der Waals surface area contributed by atoms with Crippen LogP contribution in [0.2, 0.25) is 0 Å². The van der Waals surface area contributed by atoms with E-state index in [0.717, 1.165) is 55.5 Å². The zero-order chi connectivity index (χ0) is 29.9. The van der Waals surface area contributed by atoms with Crippen LogP contribution in [0.25, 0.3) is 0 Å². The van der Waals surface area contributed by atoms with Crippen molar-refractivity contribution in [3.63, 3.8) is 0 Å². The highest BCUT2D eigenvalue weighted by atomic mass is 16.3. The quantitative estimate of drug-likeness (QED) is 0.218. The average molecular weight is 587 g/mol. The third-order valence-electron chi connectivity index (χ3n) is 14.1. The zero-order valence-electron chi connectivity index (χ0n) is 28.5. The minimum absolute atomic E-state index is 0.0741. The molecule has 4 aliphatic carbocycles. The summed E-state index contributed by atoms with van der Waals surface area (Å²) >= 11 is 0. The fourth-order valence-corrected chi connectivity index (χ4v) is 11.6. The van der Waals surface area contributed by atoms with Gasteiger partial charge in [0.2, 0.25) is 0 Å². The van der Waals surface area contributed by atoms with Gasteiger partial charge in [0.25, 0.3) is 0 Å². The Hall–Kier alpha value is -0.200. The number of nitrogens with two attached hydrogens (primary N) is 1. The molecule has 0 bridgehead atoms. The summed E-state index contributed by atoms with van der Waals surface area (Å²) in [5.74, 6) is 5.27. The molecule has 5 fully saturated rings. The number of aliphatic hydroxyl groups excluding tert-OH is 1. The molecular weight excluding hydrogens is 516 g/mol. The van der Waals surface area contributed by atoms with Crippen LogP contribution in [0.15, 0.2) is 0 Å². The molecular formula is C37H70N4O. The van der Waals surface area contributed by atoms with Gasteiger partial charge in [-0.3, -0.25) is 0 Å². The van der Waals surface area contributed by atoms with Crippen LogP contribution in [0, 0.1) is 52.3 Å². The Bertz CT molecular complexity index is 829. The molecule has 1 heterocycles. The van der Waals surface area contributed by atoms with Crippen molar-refractivity contribution in [2.75, 3.05) is 52.4 Å². The van der Waals surface area contributed by atoms with Gasteiger partial charge in [0, 0.05) is 32.2 Å². The van der Waals surface area contributed by atoms with Crippen LogP contribution in [-0.2, 0) is 0 Å².